The number of amides is 2. The van der Waals surface area contributed by atoms with Gasteiger partial charge in [0.1, 0.15) is 11.4 Å². The van der Waals surface area contributed by atoms with E-state index < -0.39 is 5.60 Å². The number of piperidine rings is 1. The molecular weight excluding hydrogens is 534 g/mol. The third-order valence-electron chi connectivity index (χ3n) is 6.99. The number of aromatic nitrogens is 2. The number of hydrogen-bond donors (Lipinski definition) is 2. The van der Waals surface area contributed by atoms with E-state index in [0.29, 0.717) is 18.8 Å². The molecule has 2 fully saturated rings. The Labute approximate surface area is 240 Å². The first-order valence-electron chi connectivity index (χ1n) is 13.9. The number of likely N-dealkylation sites (tertiary alicyclic amines) is 1. The number of thioether (sulfide) groups is 1. The maximum Gasteiger partial charge on any atom is 0.407 e. The van der Waals surface area contributed by atoms with Gasteiger partial charge in [0.2, 0.25) is 11.8 Å². The van der Waals surface area contributed by atoms with Crippen LogP contribution in [0.1, 0.15) is 91.7 Å². The predicted molar refractivity (Wildman–Crippen MR) is 155 cm³/mol. The minimum Gasteiger partial charge on any atom is -0.444 e. The van der Waals surface area contributed by atoms with E-state index in [2.05, 4.69) is 41.4 Å². The highest BCUT2D eigenvalue weighted by Gasteiger charge is 2.33. The van der Waals surface area contributed by atoms with Crippen molar-refractivity contribution in [3.05, 3.63) is 24.0 Å². The second kappa shape index (κ2) is 12.5. The molecule has 2 N–H and O–H groups in total. The summed E-state index contributed by atoms with van der Waals surface area (Å²) in [6.07, 6.45) is 8.66. The van der Waals surface area contributed by atoms with Crippen molar-refractivity contribution in [3.8, 4) is 0 Å². The van der Waals surface area contributed by atoms with E-state index in [1.807, 2.05) is 38.1 Å². The molecule has 0 spiro atoms. The van der Waals surface area contributed by atoms with Crippen molar-refractivity contribution in [2.24, 2.45) is 5.92 Å². The topological polar surface area (TPSA) is 110 Å². The highest BCUT2D eigenvalue weighted by atomic mass is 32.2. The number of carbonyl (C=O) groups is 2. The Morgan fingerprint density at radius 2 is 1.82 bits per heavy atom. The van der Waals surface area contributed by atoms with Gasteiger partial charge >= 0.3 is 6.09 Å². The van der Waals surface area contributed by atoms with Gasteiger partial charge in [-0.05, 0) is 52.9 Å². The SMILES string of the molecule is CC(C)(C)OC(=O)NC1CCN(C(=O)C2CCCC(Nc3ncc(SCc4ncc(C(C)(C)C)o4)s3)C2)CC1. The number of carbonyl (C=O) groups excluding carboxylic acids is 2. The molecule has 4 rings (SSSR count). The second-order valence-electron chi connectivity index (χ2n) is 12.6. The molecule has 2 aliphatic rings. The van der Waals surface area contributed by atoms with Crippen LogP contribution in [0.25, 0.3) is 0 Å². The fraction of sp³-hybridized carbons (Fsp3) is 0.714. The van der Waals surface area contributed by atoms with Crippen molar-refractivity contribution in [2.75, 3.05) is 18.4 Å². The fourth-order valence-corrected chi connectivity index (χ4v) is 6.75. The van der Waals surface area contributed by atoms with Gasteiger partial charge in [-0.1, -0.05) is 38.5 Å². The summed E-state index contributed by atoms with van der Waals surface area (Å²) >= 11 is 3.31. The summed E-state index contributed by atoms with van der Waals surface area (Å²) in [7, 11) is 0. The van der Waals surface area contributed by atoms with E-state index in [1.54, 1.807) is 23.1 Å². The number of anilines is 1. The molecule has 2 unspecified atom stereocenters. The second-order valence-corrected chi connectivity index (χ2v) is 14.9. The van der Waals surface area contributed by atoms with Crippen LogP contribution in [-0.2, 0) is 20.7 Å². The zero-order chi connectivity index (χ0) is 28.2. The van der Waals surface area contributed by atoms with Crippen LogP contribution < -0.4 is 10.6 Å². The van der Waals surface area contributed by atoms with Gasteiger partial charge in [0.05, 0.1) is 22.4 Å². The zero-order valence-corrected chi connectivity index (χ0v) is 25.7. The first-order valence-corrected chi connectivity index (χ1v) is 15.7. The smallest absolute Gasteiger partial charge is 0.407 e. The standard InChI is InChI=1S/C28H43N5O4S2/c1-27(2,3)21-15-29-22(36-21)17-38-23-16-30-25(39-23)31-20-9-7-8-18(14-20)24(34)33-12-10-19(11-13-33)32-26(35)37-28(4,5)6/h15-16,18-20H,7-14,17H2,1-6H3,(H,30,31)(H,32,35). The molecule has 1 aliphatic heterocycles. The number of thiazole rings is 1. The molecule has 1 aliphatic carbocycles. The molecule has 216 valence electrons. The Morgan fingerprint density at radius 3 is 2.49 bits per heavy atom. The Bertz CT molecular complexity index is 1110. The molecule has 11 heteroatoms. The van der Waals surface area contributed by atoms with Gasteiger partial charge in [0, 0.05) is 36.5 Å². The number of nitrogens with one attached hydrogen (secondary N) is 2. The third kappa shape index (κ3) is 8.86. The molecule has 39 heavy (non-hydrogen) atoms. The van der Waals surface area contributed by atoms with E-state index >= 15 is 0 Å². The van der Waals surface area contributed by atoms with Gasteiger partial charge in [0.25, 0.3) is 0 Å². The summed E-state index contributed by atoms with van der Waals surface area (Å²) in [5.74, 6) is 2.57. The first kappa shape index (κ1) is 29.7. The van der Waals surface area contributed by atoms with Gasteiger partial charge in [-0.2, -0.15) is 0 Å². The highest BCUT2D eigenvalue weighted by molar-refractivity contribution is 8.00. The normalized spacial score (nSPS) is 21.0. The average Bonchev–Trinajstić information content (AvgIpc) is 3.51. The quantitative estimate of drug-likeness (QED) is 0.374. The largest absolute Gasteiger partial charge is 0.444 e. The first-order chi connectivity index (χ1) is 18.4. The third-order valence-corrected chi connectivity index (χ3v) is 9.10. The predicted octanol–water partition coefficient (Wildman–Crippen LogP) is 6.21. The van der Waals surface area contributed by atoms with E-state index in [4.69, 9.17) is 9.15 Å². The highest BCUT2D eigenvalue weighted by Crippen LogP contribution is 2.34. The molecule has 1 saturated carbocycles. The maximum absolute atomic E-state index is 13.3. The number of nitrogens with zero attached hydrogens (tertiary/aromatic N) is 3. The molecule has 3 heterocycles. The Hall–Kier alpha value is -2.27. The van der Waals surface area contributed by atoms with Crippen molar-refractivity contribution in [1.29, 1.82) is 0 Å². The Kier molecular flexibility index (Phi) is 9.52. The van der Waals surface area contributed by atoms with Crippen molar-refractivity contribution >= 4 is 40.2 Å². The lowest BCUT2D eigenvalue weighted by molar-refractivity contribution is -0.137. The fourth-order valence-electron chi connectivity index (χ4n) is 4.95. The van der Waals surface area contributed by atoms with Gasteiger partial charge in [0.15, 0.2) is 5.13 Å². The number of oxazole rings is 1. The zero-order valence-electron chi connectivity index (χ0n) is 24.0. The molecule has 9 nitrogen and oxygen atoms in total. The van der Waals surface area contributed by atoms with Crippen molar-refractivity contribution in [2.45, 2.75) is 113 Å². The lowest BCUT2D eigenvalue weighted by Gasteiger charge is -2.37. The number of rotatable bonds is 7. The molecule has 2 aromatic heterocycles. The summed E-state index contributed by atoms with van der Waals surface area (Å²) in [5, 5.41) is 7.43. The van der Waals surface area contributed by atoms with Gasteiger partial charge < -0.3 is 24.7 Å². The number of alkyl carbamates (subject to hydrolysis) is 1. The van der Waals surface area contributed by atoms with Crippen LogP contribution in [0.3, 0.4) is 0 Å². The van der Waals surface area contributed by atoms with Gasteiger partial charge in [-0.3, -0.25) is 4.79 Å². The molecule has 2 aromatic rings. The van der Waals surface area contributed by atoms with Crippen LogP contribution in [0.5, 0.6) is 0 Å². The molecule has 0 bridgehead atoms. The monoisotopic (exact) mass is 577 g/mol. The van der Waals surface area contributed by atoms with Gasteiger partial charge in [-0.25, -0.2) is 14.8 Å². The van der Waals surface area contributed by atoms with Crippen molar-refractivity contribution < 1.29 is 18.7 Å². The van der Waals surface area contributed by atoms with Gasteiger partial charge in [-0.15, -0.1) is 11.8 Å². The minimum absolute atomic E-state index is 0.0301. The number of hydrogen-bond acceptors (Lipinski definition) is 9. The Balaban J connectivity index is 1.21. The summed E-state index contributed by atoms with van der Waals surface area (Å²) < 4.78 is 12.4. The van der Waals surface area contributed by atoms with Crippen LogP contribution in [0.2, 0.25) is 0 Å². The van der Waals surface area contributed by atoms with Crippen molar-refractivity contribution in [3.63, 3.8) is 0 Å². The van der Waals surface area contributed by atoms with Crippen LogP contribution in [0.15, 0.2) is 21.0 Å². The number of ether oxygens (including phenoxy) is 1. The van der Waals surface area contributed by atoms with Crippen LogP contribution >= 0.6 is 23.1 Å². The molecule has 1 saturated heterocycles. The maximum atomic E-state index is 13.3. The van der Waals surface area contributed by atoms with Crippen LogP contribution in [0, 0.1) is 5.92 Å². The van der Waals surface area contributed by atoms with Crippen LogP contribution in [-0.4, -0.2) is 57.6 Å². The molecular formula is C28H43N5O4S2. The van der Waals surface area contributed by atoms with Crippen molar-refractivity contribution in [1.82, 2.24) is 20.2 Å². The minimum atomic E-state index is -0.515. The van der Waals surface area contributed by atoms with E-state index in [0.717, 1.165) is 59.5 Å². The Morgan fingerprint density at radius 1 is 1.08 bits per heavy atom. The molecule has 2 amide bonds. The average molecular weight is 578 g/mol. The molecule has 0 radical (unpaired) electrons. The lowest BCUT2D eigenvalue weighted by atomic mass is 9.84. The summed E-state index contributed by atoms with van der Waals surface area (Å²) in [5.41, 5.74) is -0.564. The summed E-state index contributed by atoms with van der Waals surface area (Å²) in [4.78, 5) is 36.4. The lowest BCUT2D eigenvalue weighted by Crippen LogP contribution is -2.49. The molecule has 0 aromatic carbocycles. The summed E-state index contributed by atoms with van der Waals surface area (Å²) in [6.45, 7) is 13.3. The van der Waals surface area contributed by atoms with E-state index in [1.165, 1.54) is 0 Å². The molecule has 2 atom stereocenters. The van der Waals surface area contributed by atoms with Crippen LogP contribution in [0.4, 0.5) is 9.93 Å². The van der Waals surface area contributed by atoms with E-state index in [9.17, 15) is 9.59 Å². The van der Waals surface area contributed by atoms with E-state index in [-0.39, 0.29) is 35.4 Å². The summed E-state index contributed by atoms with van der Waals surface area (Å²) in [6, 6.07) is 0.287.